The summed E-state index contributed by atoms with van der Waals surface area (Å²) in [6.07, 6.45) is 15.4. The predicted octanol–water partition coefficient (Wildman–Crippen LogP) is 7.91. The highest BCUT2D eigenvalue weighted by Crippen LogP contribution is 2.36. The molecule has 8 aromatic rings. The topological polar surface area (TPSA) is 524 Å². The van der Waals surface area contributed by atoms with Crippen LogP contribution in [0.3, 0.4) is 0 Å². The fraction of sp³-hybridized carbons (Fsp3) is 0.418. The minimum absolute atomic E-state index is 0.0348. The highest BCUT2D eigenvalue weighted by Gasteiger charge is 2.49. The second kappa shape index (κ2) is 56.3. The van der Waals surface area contributed by atoms with Gasteiger partial charge in [0.15, 0.2) is 33.6 Å². The van der Waals surface area contributed by atoms with E-state index in [1.807, 2.05) is 6.07 Å². The van der Waals surface area contributed by atoms with E-state index in [4.69, 9.17) is 96.7 Å². The molecule has 0 radical (unpaired) electrons. The van der Waals surface area contributed by atoms with Gasteiger partial charge >= 0.3 is 35.8 Å². The molecule has 6 aromatic heterocycles. The molecule has 8 atom stereocenters. The number of carbonyl (C=O) groups excluding carboxylic acids is 6. The summed E-state index contributed by atoms with van der Waals surface area (Å²) in [6, 6.07) is 31.0. The smallest absolute Gasteiger partial charge is 0.351 e. The van der Waals surface area contributed by atoms with Crippen LogP contribution in [-0.4, -0.2) is 323 Å². The van der Waals surface area contributed by atoms with Crippen LogP contribution in [0.2, 0.25) is 15.5 Å². The largest absolute Gasteiger partial charge is 0.475 e. The molecule has 0 amide bonds. The Hall–Kier alpha value is -13.7. The number of hydrogen-bond donors (Lipinski definition) is 2. The summed E-state index contributed by atoms with van der Waals surface area (Å²) in [5, 5.41) is 75.1. The summed E-state index contributed by atoms with van der Waals surface area (Å²) >= 11 is 17.1. The Morgan fingerprint density at radius 1 is 0.460 bits per heavy atom. The number of rotatable bonds is 25. The number of nitrogens with zero attached hydrogens (tertiary/aromatic N) is 20. The van der Waals surface area contributed by atoms with Crippen LogP contribution in [0.4, 0.5) is 0 Å². The molecule has 2 N–H and O–H groups in total. The number of oxime groups is 5. The molecule has 48 heteroatoms. The third-order valence-electron chi connectivity index (χ3n) is 20.6. The molecule has 15 heterocycles. The Kier molecular flexibility index (Phi) is 43.5. The molecule has 2 fully saturated rings. The number of hydrogen-bond acceptors (Lipinski definition) is 44. The van der Waals surface area contributed by atoms with Crippen molar-refractivity contribution in [3.05, 3.63) is 218 Å². The van der Waals surface area contributed by atoms with Crippen molar-refractivity contribution in [2.75, 3.05) is 144 Å². The number of nitrogens with one attached hydrogen (secondary N) is 1. The summed E-state index contributed by atoms with van der Waals surface area (Å²) in [6.45, 7) is 29.0. The van der Waals surface area contributed by atoms with Gasteiger partial charge in [-0.25, -0.2) is 24.0 Å². The zero-order valence-corrected chi connectivity index (χ0v) is 80.6. The number of fused-ring (bicyclic) bond motifs is 9. The number of benzene rings is 2. The Labute approximate surface area is 815 Å². The summed E-state index contributed by atoms with van der Waals surface area (Å²) in [5.41, 5.74) is 11.4. The molecule has 0 aliphatic carbocycles. The van der Waals surface area contributed by atoms with E-state index in [0.29, 0.717) is 91.0 Å². The molecule has 0 spiro atoms. The first kappa shape index (κ1) is 107. The van der Waals surface area contributed by atoms with E-state index >= 15 is 0 Å². The van der Waals surface area contributed by atoms with Gasteiger partial charge in [-0.05, 0) is 103 Å². The summed E-state index contributed by atoms with van der Waals surface area (Å²) < 4.78 is 72.0. The molecule has 9 aliphatic heterocycles. The fourth-order valence-corrected chi connectivity index (χ4v) is 15.1. The zero-order chi connectivity index (χ0) is 99.4. The lowest BCUT2D eigenvalue weighted by molar-refractivity contribution is -0.164. The Bertz CT molecular complexity index is 5750. The number of ether oxygens (including phenoxy) is 9. The molecule has 2 saturated heterocycles. The third kappa shape index (κ3) is 33.0. The summed E-state index contributed by atoms with van der Waals surface area (Å²) in [5.74, 6) is -3.25. The van der Waals surface area contributed by atoms with E-state index in [1.165, 1.54) is 78.5 Å². The molecule has 0 saturated carbocycles. The van der Waals surface area contributed by atoms with E-state index in [2.05, 4.69) is 203 Å². The average Bonchev–Trinajstić information content (AvgIpc) is 1.57. The lowest BCUT2D eigenvalue weighted by Crippen LogP contribution is -2.50. The SMILES string of the molecule is C/C(=C\c1ccccc1)CN1CCN(CC2ON=C3c4ccnnc4OCC32)CC1.C/C(=C\c1ccccc1)CN1CCNCC1.CCOC(=O)/C=C\C(=O)OCC.CCOC(=O)C1ON=C(c2ccnnc2Cl)C1C(=O)OCC.CCOC(=O)C1ON=C2c3ccnnc3OCC21.CCOC(=O)c1ccnnc1Cl.CS(=O)(=O)OCC1ON=C2c3ccnnc3OCC21.ON=Cc1ccnnc1Cl. The fourth-order valence-electron chi connectivity index (χ4n) is 14.2. The van der Waals surface area contributed by atoms with Crippen LogP contribution >= 0.6 is 34.8 Å². The van der Waals surface area contributed by atoms with Crippen molar-refractivity contribution in [2.45, 2.75) is 79.8 Å². The van der Waals surface area contributed by atoms with Gasteiger partial charge in [0, 0.05) is 95.3 Å². The zero-order valence-electron chi connectivity index (χ0n) is 77.5. The van der Waals surface area contributed by atoms with Crippen LogP contribution in [0, 0.1) is 23.7 Å². The first-order valence-corrected chi connectivity index (χ1v) is 47.0. The number of halogens is 3. The highest BCUT2D eigenvalue weighted by atomic mass is 35.5. The quantitative estimate of drug-likeness (QED) is 0.0104. The van der Waals surface area contributed by atoms with Gasteiger partial charge in [-0.2, -0.15) is 39.0 Å². The van der Waals surface area contributed by atoms with Crippen molar-refractivity contribution in [1.29, 1.82) is 0 Å². The maximum atomic E-state index is 12.2. The normalized spacial score (nSPS) is 19.5. The van der Waals surface area contributed by atoms with Crippen molar-refractivity contribution in [1.82, 2.24) is 81.2 Å². The van der Waals surface area contributed by atoms with Crippen LogP contribution in [0.5, 0.6) is 17.6 Å². The van der Waals surface area contributed by atoms with Gasteiger partial charge in [0.25, 0.3) is 10.1 Å². The monoisotopic (exact) mass is 2000 g/mol. The number of esters is 6. The Morgan fingerprint density at radius 3 is 1.36 bits per heavy atom. The number of carbonyl (C=O) groups is 6. The number of aromatic nitrogens is 12. The molecule has 17 rings (SSSR count). The van der Waals surface area contributed by atoms with Crippen LogP contribution in [-0.2, 0) is 86.0 Å². The van der Waals surface area contributed by atoms with Crippen molar-refractivity contribution in [3.63, 3.8) is 0 Å². The standard InChI is InChI=1S/C23H27N5O2.C14H20N2.C13H14ClN3O5.C11H11N3O4.C10H11N3O5S.C8H12O4.C7H7ClN2O2.C5H4ClN3O/c1-17(13-18-5-3-2-4-6-18)14-27-9-11-28(12-10-27)15-21-20-16-29-23-19(7-8-24-25-23)22(20)26-30-21;1-13(11-14-5-3-2-4-6-14)12-16-9-7-15-8-10-16;1-3-20-12(18)8-9(7-5-6-15-16-11(7)14)17-22-10(8)13(19)21-4-2;1-2-16-11(15)9-7-5-17-10-6(3-4-12-13-10)8(7)14-18-9;1-19(14,15)17-5-8-7-4-16-10-6(2-3-11-12-10)9(7)13-18-8;1-3-11-7(9)5-6-8(10)12-4-2;1-2-12-7(11)5-3-4-9-10-6(5)8;6-5-4(3-8-10)1-2-7-9-5/h2-8,13,20-21H,9-12,14-16H2,1H3;2-6,11,15H,7-10,12H2,1H3;5-6,8,10H,3-4H2,1-2H3;3-4,7,9H,2,5H2,1H3;2-3,7-8H,4-5H2,1H3;5-6H,3-4H2,1-2H3;3-4H,2H2,1H3;1-3,10H/b17-13+;13-11+;;;;6-5-;;. The van der Waals surface area contributed by atoms with E-state index < -0.39 is 70.2 Å². The van der Waals surface area contributed by atoms with Crippen LogP contribution in [0.1, 0.15) is 105 Å². The predicted molar refractivity (Wildman–Crippen MR) is 504 cm³/mol. The van der Waals surface area contributed by atoms with Gasteiger partial charge in [0.1, 0.15) is 54.8 Å². The highest BCUT2D eigenvalue weighted by molar-refractivity contribution is 7.86. The van der Waals surface area contributed by atoms with Crippen LogP contribution in [0.15, 0.2) is 183 Å². The lowest BCUT2D eigenvalue weighted by Gasteiger charge is -2.36. The Balaban J connectivity index is 0.000000168. The summed E-state index contributed by atoms with van der Waals surface area (Å²) in [7, 11) is -3.50. The minimum Gasteiger partial charge on any atom is -0.475 e. The third-order valence-corrected chi connectivity index (χ3v) is 22.0. The minimum atomic E-state index is -3.50. The van der Waals surface area contributed by atoms with Gasteiger partial charge in [0.05, 0.1) is 124 Å². The second-order valence-electron chi connectivity index (χ2n) is 30.4. The van der Waals surface area contributed by atoms with Crippen molar-refractivity contribution in [2.24, 2.45) is 49.5 Å². The molecule has 139 heavy (non-hydrogen) atoms. The molecule has 44 nitrogen and oxygen atoms in total. The van der Waals surface area contributed by atoms with Crippen molar-refractivity contribution < 1.29 is 109 Å². The first-order valence-electron chi connectivity index (χ1n) is 44.1. The molecule has 9 aliphatic rings. The van der Waals surface area contributed by atoms with Gasteiger partial charge < -0.3 is 72.5 Å². The van der Waals surface area contributed by atoms with Crippen LogP contribution in [0.25, 0.3) is 12.2 Å². The maximum absolute atomic E-state index is 12.2. The molecular formula is C91H106Cl3N21O23S. The molecule has 0 bridgehead atoms. The lowest BCUT2D eigenvalue weighted by atomic mass is 9.91. The van der Waals surface area contributed by atoms with Gasteiger partial charge in [0.2, 0.25) is 29.8 Å². The van der Waals surface area contributed by atoms with Crippen molar-refractivity contribution in [3.8, 4) is 17.6 Å². The Morgan fingerprint density at radius 2 is 0.871 bits per heavy atom. The molecule has 8 unspecified atom stereocenters. The van der Waals surface area contributed by atoms with Crippen molar-refractivity contribution >= 4 is 122 Å². The van der Waals surface area contributed by atoms with Gasteiger partial charge in [-0.3, -0.25) is 23.7 Å². The molecular weight excluding hydrogens is 1890 g/mol. The van der Waals surface area contributed by atoms with E-state index in [9.17, 15) is 37.2 Å². The molecule has 740 valence electrons. The molecule has 2 aromatic carbocycles. The van der Waals surface area contributed by atoms with Crippen LogP contribution < -0.4 is 19.5 Å². The first-order chi connectivity index (χ1) is 67.3. The van der Waals surface area contributed by atoms with E-state index in [-0.39, 0.29) is 77.0 Å². The number of piperazine rings is 2. The van der Waals surface area contributed by atoms with Gasteiger partial charge in [-0.15, -0.1) is 30.6 Å². The van der Waals surface area contributed by atoms with E-state index in [0.717, 1.165) is 88.6 Å². The van der Waals surface area contributed by atoms with Gasteiger partial charge in [-0.1, -0.05) is 145 Å². The summed E-state index contributed by atoms with van der Waals surface area (Å²) in [4.78, 5) is 97.0. The van der Waals surface area contributed by atoms with E-state index in [1.54, 1.807) is 72.1 Å². The maximum Gasteiger partial charge on any atom is 0.351 e. The average molecular weight is 2000 g/mol. The second-order valence-corrected chi connectivity index (χ2v) is 33.1.